The molecule has 25 heavy (non-hydrogen) atoms. The molecule has 5 heteroatoms. The van der Waals surface area contributed by atoms with Crippen LogP contribution in [0.3, 0.4) is 0 Å². The second kappa shape index (κ2) is 5.64. The van der Waals surface area contributed by atoms with Crippen molar-refractivity contribution in [2.24, 2.45) is 0 Å². The molecule has 1 aliphatic heterocycles. The van der Waals surface area contributed by atoms with Gasteiger partial charge in [0.15, 0.2) is 0 Å². The van der Waals surface area contributed by atoms with Crippen molar-refractivity contribution in [1.29, 1.82) is 0 Å². The number of fused-ring (bicyclic) bond motifs is 2. The van der Waals surface area contributed by atoms with Gasteiger partial charge in [0.2, 0.25) is 0 Å². The van der Waals surface area contributed by atoms with Gasteiger partial charge in [0.05, 0.1) is 5.56 Å². The molecule has 0 amide bonds. The van der Waals surface area contributed by atoms with E-state index in [0.717, 1.165) is 21.9 Å². The number of rotatable bonds is 1. The topological polar surface area (TPSA) is 20.2 Å². The molecular formula is C20H13F3OS. The first-order chi connectivity index (χ1) is 11.9. The molecule has 0 aliphatic carbocycles. The Labute approximate surface area is 147 Å². The maximum atomic E-state index is 12.9. The highest BCUT2D eigenvalue weighted by Crippen LogP contribution is 2.50. The summed E-state index contributed by atoms with van der Waals surface area (Å²) in [7, 11) is 0. The highest BCUT2D eigenvalue weighted by atomic mass is 32.2. The van der Waals surface area contributed by atoms with E-state index in [2.05, 4.69) is 0 Å². The van der Waals surface area contributed by atoms with E-state index < -0.39 is 17.3 Å². The fraction of sp³-hybridized carbons (Fsp3) is 0.100. The van der Waals surface area contributed by atoms with Crippen LogP contribution in [0.4, 0.5) is 13.2 Å². The van der Waals surface area contributed by atoms with Crippen molar-refractivity contribution < 1.29 is 18.3 Å². The molecule has 0 unspecified atom stereocenters. The molecule has 0 bridgehead atoms. The first-order valence-corrected chi connectivity index (χ1v) is 8.49. The molecule has 3 aromatic rings. The summed E-state index contributed by atoms with van der Waals surface area (Å²) in [6, 6.07) is 19.6. The number of benzene rings is 3. The number of halogens is 3. The van der Waals surface area contributed by atoms with E-state index in [1.807, 2.05) is 48.5 Å². The summed E-state index contributed by atoms with van der Waals surface area (Å²) in [5.74, 6) is 0. The van der Waals surface area contributed by atoms with E-state index in [9.17, 15) is 18.3 Å². The Morgan fingerprint density at radius 2 is 1.20 bits per heavy atom. The van der Waals surface area contributed by atoms with Gasteiger partial charge in [-0.2, -0.15) is 13.2 Å². The van der Waals surface area contributed by atoms with Crippen LogP contribution < -0.4 is 0 Å². The van der Waals surface area contributed by atoms with Gasteiger partial charge in [-0.15, -0.1) is 0 Å². The van der Waals surface area contributed by atoms with E-state index in [1.54, 1.807) is 11.8 Å². The van der Waals surface area contributed by atoms with Crippen LogP contribution in [0.2, 0.25) is 0 Å². The maximum Gasteiger partial charge on any atom is 0.416 e. The smallest absolute Gasteiger partial charge is 0.376 e. The van der Waals surface area contributed by atoms with E-state index in [-0.39, 0.29) is 0 Å². The molecule has 3 aromatic carbocycles. The van der Waals surface area contributed by atoms with Crippen molar-refractivity contribution >= 4 is 11.8 Å². The van der Waals surface area contributed by atoms with E-state index in [0.29, 0.717) is 16.7 Å². The summed E-state index contributed by atoms with van der Waals surface area (Å²) in [5, 5.41) is 11.6. The first kappa shape index (κ1) is 16.2. The van der Waals surface area contributed by atoms with Gasteiger partial charge in [-0.1, -0.05) is 60.3 Å². The summed E-state index contributed by atoms with van der Waals surface area (Å²) < 4.78 is 38.6. The zero-order valence-electron chi connectivity index (χ0n) is 12.9. The van der Waals surface area contributed by atoms with Crippen molar-refractivity contribution in [3.8, 4) is 0 Å². The molecule has 1 nitrogen and oxygen atoms in total. The minimum absolute atomic E-state index is 0.417. The average molecular weight is 358 g/mol. The van der Waals surface area contributed by atoms with Crippen LogP contribution in [-0.2, 0) is 11.8 Å². The summed E-state index contributed by atoms with van der Waals surface area (Å²) in [5.41, 5.74) is -0.438. The Morgan fingerprint density at radius 3 is 1.68 bits per heavy atom. The number of hydrogen-bond donors (Lipinski definition) is 1. The van der Waals surface area contributed by atoms with Crippen LogP contribution in [0.1, 0.15) is 22.3 Å². The molecule has 0 radical (unpaired) electrons. The van der Waals surface area contributed by atoms with Crippen LogP contribution in [0, 0.1) is 0 Å². The molecule has 0 atom stereocenters. The normalized spacial score (nSPS) is 15.4. The van der Waals surface area contributed by atoms with E-state index in [4.69, 9.17) is 0 Å². The van der Waals surface area contributed by atoms with Crippen molar-refractivity contribution in [2.75, 3.05) is 0 Å². The highest BCUT2D eigenvalue weighted by molar-refractivity contribution is 7.99. The highest BCUT2D eigenvalue weighted by Gasteiger charge is 2.41. The number of hydrogen-bond acceptors (Lipinski definition) is 2. The van der Waals surface area contributed by atoms with Crippen LogP contribution in [0.5, 0.6) is 0 Å². The Hall–Kier alpha value is -2.24. The molecule has 1 N–H and O–H groups in total. The number of alkyl halides is 3. The van der Waals surface area contributed by atoms with Gasteiger partial charge in [-0.05, 0) is 29.8 Å². The zero-order chi connectivity index (χ0) is 17.7. The molecule has 0 saturated heterocycles. The Bertz CT molecular complexity index is 887. The lowest BCUT2D eigenvalue weighted by molar-refractivity contribution is -0.137. The van der Waals surface area contributed by atoms with Crippen molar-refractivity contribution in [2.45, 2.75) is 21.6 Å². The average Bonchev–Trinajstić information content (AvgIpc) is 2.61. The predicted octanol–water partition coefficient (Wildman–Crippen LogP) is 5.45. The minimum atomic E-state index is -4.40. The monoisotopic (exact) mass is 358 g/mol. The van der Waals surface area contributed by atoms with Gasteiger partial charge < -0.3 is 5.11 Å². The molecule has 1 heterocycles. The van der Waals surface area contributed by atoms with Crippen LogP contribution in [0.15, 0.2) is 82.6 Å². The molecule has 0 saturated carbocycles. The molecule has 0 spiro atoms. The Balaban J connectivity index is 1.94. The Morgan fingerprint density at radius 1 is 0.720 bits per heavy atom. The Kier molecular flexibility index (Phi) is 3.67. The molecular weight excluding hydrogens is 345 g/mol. The predicted molar refractivity (Wildman–Crippen MR) is 90.6 cm³/mol. The molecule has 0 fully saturated rings. The van der Waals surface area contributed by atoms with Crippen molar-refractivity contribution in [3.63, 3.8) is 0 Å². The largest absolute Gasteiger partial charge is 0.416 e. The lowest BCUT2D eigenvalue weighted by Gasteiger charge is -2.36. The summed E-state index contributed by atoms with van der Waals surface area (Å²) in [6.07, 6.45) is -4.40. The second-order valence-corrected chi connectivity index (χ2v) is 6.96. The molecule has 0 aromatic heterocycles. The summed E-state index contributed by atoms with van der Waals surface area (Å²) >= 11 is 1.55. The summed E-state index contributed by atoms with van der Waals surface area (Å²) in [4.78, 5) is 1.78. The fourth-order valence-corrected chi connectivity index (χ4v) is 4.37. The molecule has 1 aliphatic rings. The standard InChI is InChI=1S/C20H13F3OS/c21-20(22,23)14-11-9-13(10-12-14)19(24)15-5-1-3-7-17(15)25-18-8-4-2-6-16(18)19/h1-12,24H. The third-order valence-corrected chi connectivity index (χ3v) is 5.56. The molecule has 126 valence electrons. The van der Waals surface area contributed by atoms with Crippen LogP contribution in [-0.4, -0.2) is 5.11 Å². The number of aliphatic hydroxyl groups is 1. The maximum absolute atomic E-state index is 12.9. The minimum Gasteiger partial charge on any atom is -0.376 e. The van der Waals surface area contributed by atoms with E-state index in [1.165, 1.54) is 12.1 Å². The quantitative estimate of drug-likeness (QED) is 0.624. The lowest BCUT2D eigenvalue weighted by atomic mass is 9.79. The first-order valence-electron chi connectivity index (χ1n) is 7.67. The summed E-state index contributed by atoms with van der Waals surface area (Å²) in [6.45, 7) is 0. The van der Waals surface area contributed by atoms with Gasteiger partial charge in [-0.25, -0.2) is 0 Å². The van der Waals surface area contributed by atoms with Gasteiger partial charge >= 0.3 is 6.18 Å². The van der Waals surface area contributed by atoms with E-state index >= 15 is 0 Å². The molecule has 4 rings (SSSR count). The van der Waals surface area contributed by atoms with Gasteiger partial charge in [0.1, 0.15) is 5.60 Å². The van der Waals surface area contributed by atoms with Crippen LogP contribution >= 0.6 is 11.8 Å². The fourth-order valence-electron chi connectivity index (χ4n) is 3.18. The van der Waals surface area contributed by atoms with Gasteiger partial charge in [0.25, 0.3) is 0 Å². The zero-order valence-corrected chi connectivity index (χ0v) is 13.7. The van der Waals surface area contributed by atoms with Crippen molar-refractivity contribution in [1.82, 2.24) is 0 Å². The van der Waals surface area contributed by atoms with Crippen molar-refractivity contribution in [3.05, 3.63) is 95.1 Å². The van der Waals surface area contributed by atoms with Gasteiger partial charge in [0, 0.05) is 20.9 Å². The SMILES string of the molecule is OC1(c2ccc(C(F)(F)F)cc2)c2ccccc2Sc2ccccc21. The van der Waals surface area contributed by atoms with Gasteiger partial charge in [-0.3, -0.25) is 0 Å². The second-order valence-electron chi connectivity index (χ2n) is 5.88. The van der Waals surface area contributed by atoms with Crippen LogP contribution in [0.25, 0.3) is 0 Å². The third-order valence-electron chi connectivity index (χ3n) is 4.40. The third kappa shape index (κ3) is 2.55. The lowest BCUT2D eigenvalue weighted by Crippen LogP contribution is -2.32.